The Morgan fingerprint density at radius 1 is 0.929 bits per heavy atom. The van der Waals surface area contributed by atoms with Crippen molar-refractivity contribution in [3.63, 3.8) is 0 Å². The minimum Gasteiger partial charge on any atom is -0.423 e. The van der Waals surface area contributed by atoms with E-state index in [1.54, 1.807) is 48.5 Å². The summed E-state index contributed by atoms with van der Waals surface area (Å²) in [6, 6.07) is 13.9. The quantitative estimate of drug-likeness (QED) is 0.276. The number of hydrogen-bond acceptors (Lipinski definition) is 5. The third-order valence-corrected chi connectivity index (χ3v) is 4.00. The first-order chi connectivity index (χ1) is 13.5. The van der Waals surface area contributed by atoms with Gasteiger partial charge in [-0.1, -0.05) is 43.0 Å². The van der Waals surface area contributed by atoms with Crippen LogP contribution in [0.15, 0.2) is 72.8 Å². The summed E-state index contributed by atoms with van der Waals surface area (Å²) in [6.07, 6.45) is 6.25. The molecule has 0 bridgehead atoms. The summed E-state index contributed by atoms with van der Waals surface area (Å²) >= 11 is 0. The van der Waals surface area contributed by atoms with Crippen LogP contribution in [0, 0.1) is 0 Å². The maximum atomic E-state index is 11.7. The fraction of sp³-hybridized carbons (Fsp3) is 0.0455. The summed E-state index contributed by atoms with van der Waals surface area (Å²) in [7, 11) is 0. The van der Waals surface area contributed by atoms with Gasteiger partial charge in [0.25, 0.3) is 11.8 Å². The van der Waals surface area contributed by atoms with Crippen molar-refractivity contribution in [2.75, 3.05) is 11.5 Å². The van der Waals surface area contributed by atoms with Crippen molar-refractivity contribution >= 4 is 35.6 Å². The molecule has 0 aromatic heterocycles. The van der Waals surface area contributed by atoms with Gasteiger partial charge in [0.2, 0.25) is 0 Å². The van der Waals surface area contributed by atoms with Crippen molar-refractivity contribution in [2.45, 2.75) is 0 Å². The normalized spacial score (nSPS) is 13.4. The van der Waals surface area contributed by atoms with Gasteiger partial charge in [0.05, 0.1) is 17.9 Å². The Bertz CT molecular complexity index is 967. The molecule has 2 aromatic rings. The maximum absolute atomic E-state index is 11.7. The molecular weight excluding hydrogens is 358 g/mol. The first kappa shape index (κ1) is 19.0. The summed E-state index contributed by atoms with van der Waals surface area (Å²) in [6.45, 7) is 2.96. The Kier molecular flexibility index (Phi) is 5.62. The summed E-state index contributed by atoms with van der Waals surface area (Å²) in [5.74, 6) is -1.01. The van der Waals surface area contributed by atoms with Gasteiger partial charge in [0.1, 0.15) is 5.75 Å². The summed E-state index contributed by atoms with van der Waals surface area (Å²) in [4.78, 5) is 36.0. The Labute approximate surface area is 161 Å². The zero-order valence-electron chi connectivity index (χ0n) is 14.9. The third-order valence-electron chi connectivity index (χ3n) is 4.00. The molecule has 140 valence electrons. The molecule has 0 unspecified atom stereocenters. The number of aliphatic hydroxyl groups excluding tert-OH is 1. The monoisotopic (exact) mass is 375 g/mol. The lowest BCUT2D eigenvalue weighted by Crippen LogP contribution is -2.29. The van der Waals surface area contributed by atoms with Gasteiger partial charge in [-0.2, -0.15) is 0 Å². The molecule has 1 N–H and O–H groups in total. The fourth-order valence-electron chi connectivity index (χ4n) is 2.47. The highest BCUT2D eigenvalue weighted by atomic mass is 16.5. The van der Waals surface area contributed by atoms with E-state index in [0.29, 0.717) is 11.4 Å². The van der Waals surface area contributed by atoms with Crippen molar-refractivity contribution in [3.8, 4) is 5.75 Å². The van der Waals surface area contributed by atoms with Gasteiger partial charge in [-0.3, -0.25) is 9.59 Å². The molecule has 0 saturated carbocycles. The van der Waals surface area contributed by atoms with Gasteiger partial charge < -0.3 is 9.84 Å². The van der Waals surface area contributed by atoms with Crippen LogP contribution in [-0.2, 0) is 14.4 Å². The lowest BCUT2D eigenvalue weighted by molar-refractivity contribution is -0.130. The fourth-order valence-corrected chi connectivity index (χ4v) is 2.47. The van der Waals surface area contributed by atoms with E-state index in [9.17, 15) is 14.4 Å². The highest BCUT2D eigenvalue weighted by Crippen LogP contribution is 2.21. The number of anilines is 1. The van der Waals surface area contributed by atoms with E-state index in [2.05, 4.69) is 6.58 Å². The van der Waals surface area contributed by atoms with E-state index in [1.165, 1.54) is 12.2 Å². The molecule has 0 aliphatic carbocycles. The molecule has 2 aromatic carbocycles. The van der Waals surface area contributed by atoms with E-state index >= 15 is 0 Å². The number of ether oxygens (including phenoxy) is 1. The molecule has 1 aliphatic heterocycles. The number of rotatable bonds is 6. The molecule has 0 fully saturated rings. The van der Waals surface area contributed by atoms with Crippen LogP contribution < -0.4 is 9.64 Å². The zero-order chi connectivity index (χ0) is 20.1. The second-order valence-electron chi connectivity index (χ2n) is 5.99. The molecular formula is C22H17NO5. The number of aliphatic hydroxyl groups is 1. The number of esters is 1. The molecule has 6 nitrogen and oxygen atoms in total. The average Bonchev–Trinajstić information content (AvgIpc) is 3.05. The van der Waals surface area contributed by atoms with Crippen molar-refractivity contribution in [3.05, 3.63) is 84.0 Å². The topological polar surface area (TPSA) is 83.9 Å². The van der Waals surface area contributed by atoms with Crippen LogP contribution in [-0.4, -0.2) is 29.5 Å². The van der Waals surface area contributed by atoms with E-state index in [1.807, 2.05) is 12.2 Å². The van der Waals surface area contributed by atoms with Gasteiger partial charge in [0.15, 0.2) is 0 Å². The number of hydrogen-bond donors (Lipinski definition) is 1. The van der Waals surface area contributed by atoms with Crippen molar-refractivity contribution in [1.29, 1.82) is 0 Å². The summed E-state index contributed by atoms with van der Waals surface area (Å²) < 4.78 is 5.08. The minimum atomic E-state index is -0.670. The Morgan fingerprint density at radius 3 is 1.93 bits per heavy atom. The third kappa shape index (κ3) is 4.31. The average molecular weight is 375 g/mol. The van der Waals surface area contributed by atoms with Crippen LogP contribution >= 0.6 is 0 Å². The van der Waals surface area contributed by atoms with Crippen LogP contribution in [0.4, 0.5) is 5.69 Å². The lowest BCUT2D eigenvalue weighted by atomic mass is 10.1. The number of carbonyl (C=O) groups is 3. The highest BCUT2D eigenvalue weighted by molar-refractivity contribution is 6.28. The molecule has 0 atom stereocenters. The van der Waals surface area contributed by atoms with E-state index in [0.717, 1.165) is 16.0 Å². The number of nitrogens with zero attached hydrogens (tertiary/aromatic N) is 1. The molecule has 0 saturated heterocycles. The van der Waals surface area contributed by atoms with E-state index in [4.69, 9.17) is 9.84 Å². The van der Waals surface area contributed by atoms with Gasteiger partial charge in [0, 0.05) is 12.2 Å². The number of carbonyl (C=O) groups excluding carboxylic acids is 3. The SMILES string of the molecule is C=C(CO)C(=O)Oc1ccc(/C=C/c2ccc(N3C(=O)C=CC3=O)cc2)cc1. The standard InChI is InChI=1S/C22H17NO5/c1-15(14-24)22(27)28-19-10-6-17(7-11-19)3-2-16-4-8-18(9-5-16)23-20(25)12-13-21(23)26/h2-13,24H,1,14H2/b3-2+. The lowest BCUT2D eigenvalue weighted by Gasteiger charge is -2.13. The first-order valence-electron chi connectivity index (χ1n) is 8.43. The summed E-state index contributed by atoms with van der Waals surface area (Å²) in [5.41, 5.74) is 2.29. The molecule has 3 rings (SSSR count). The van der Waals surface area contributed by atoms with E-state index < -0.39 is 12.6 Å². The molecule has 0 radical (unpaired) electrons. The second-order valence-corrected chi connectivity index (χ2v) is 5.99. The van der Waals surface area contributed by atoms with Crippen molar-refractivity contribution < 1.29 is 24.2 Å². The minimum absolute atomic E-state index is 0.0134. The molecule has 1 aliphatic rings. The van der Waals surface area contributed by atoms with Crippen molar-refractivity contribution in [1.82, 2.24) is 0 Å². The second kappa shape index (κ2) is 8.28. The van der Waals surface area contributed by atoms with Crippen LogP contribution in [0.3, 0.4) is 0 Å². The van der Waals surface area contributed by atoms with Crippen LogP contribution in [0.5, 0.6) is 5.75 Å². The Hall–Kier alpha value is -3.77. The van der Waals surface area contributed by atoms with Gasteiger partial charge in [-0.25, -0.2) is 9.69 Å². The summed E-state index contributed by atoms with van der Waals surface area (Å²) in [5, 5.41) is 8.86. The zero-order valence-corrected chi connectivity index (χ0v) is 14.9. The predicted octanol–water partition coefficient (Wildman–Crippen LogP) is 2.74. The van der Waals surface area contributed by atoms with Crippen LogP contribution in [0.1, 0.15) is 11.1 Å². The first-order valence-corrected chi connectivity index (χ1v) is 8.43. The van der Waals surface area contributed by atoms with Crippen molar-refractivity contribution in [2.24, 2.45) is 0 Å². The number of imide groups is 1. The van der Waals surface area contributed by atoms with E-state index in [-0.39, 0.29) is 17.4 Å². The van der Waals surface area contributed by atoms with Gasteiger partial charge in [-0.15, -0.1) is 0 Å². The molecule has 0 spiro atoms. The van der Waals surface area contributed by atoms with Crippen LogP contribution in [0.25, 0.3) is 12.2 Å². The maximum Gasteiger partial charge on any atom is 0.341 e. The molecule has 1 heterocycles. The molecule has 6 heteroatoms. The van der Waals surface area contributed by atoms with Gasteiger partial charge in [-0.05, 0) is 35.4 Å². The Morgan fingerprint density at radius 2 is 1.43 bits per heavy atom. The Balaban J connectivity index is 1.64. The molecule has 2 amide bonds. The smallest absolute Gasteiger partial charge is 0.341 e. The van der Waals surface area contributed by atoms with Gasteiger partial charge >= 0.3 is 5.97 Å². The predicted molar refractivity (Wildman–Crippen MR) is 105 cm³/mol. The largest absolute Gasteiger partial charge is 0.423 e. The molecule has 28 heavy (non-hydrogen) atoms. The number of amides is 2. The highest BCUT2D eigenvalue weighted by Gasteiger charge is 2.24. The number of benzene rings is 2. The van der Waals surface area contributed by atoms with Crippen LogP contribution in [0.2, 0.25) is 0 Å².